The van der Waals surface area contributed by atoms with Crippen LogP contribution in [0.25, 0.3) is 0 Å². The summed E-state index contributed by atoms with van der Waals surface area (Å²) in [4.78, 5) is 8.13. The van der Waals surface area contributed by atoms with Gasteiger partial charge in [0.1, 0.15) is 6.33 Å². The van der Waals surface area contributed by atoms with E-state index in [1.807, 2.05) is 12.4 Å². The number of nitrogens with two attached hydrogens (primary N) is 1. The smallest absolute Gasteiger partial charge is 0.115 e. The van der Waals surface area contributed by atoms with E-state index in [9.17, 15) is 0 Å². The molecule has 1 aromatic rings. The van der Waals surface area contributed by atoms with Gasteiger partial charge in [-0.2, -0.15) is 0 Å². The zero-order valence-electron chi connectivity index (χ0n) is 11.4. The Morgan fingerprint density at radius 1 is 1.22 bits per heavy atom. The fourth-order valence-electron chi connectivity index (χ4n) is 3.08. The molecule has 1 saturated carbocycles. The summed E-state index contributed by atoms with van der Waals surface area (Å²) >= 11 is 0. The normalized spacial score (nSPS) is 25.9. The van der Waals surface area contributed by atoms with Gasteiger partial charge in [0.25, 0.3) is 0 Å². The van der Waals surface area contributed by atoms with Crippen molar-refractivity contribution in [1.82, 2.24) is 9.97 Å². The molecule has 0 saturated heterocycles. The molecule has 0 radical (unpaired) electrons. The molecule has 1 aliphatic rings. The second kappa shape index (κ2) is 6.83. The molecule has 0 bridgehead atoms. The summed E-state index contributed by atoms with van der Waals surface area (Å²) in [5.41, 5.74) is 7.43. The Morgan fingerprint density at radius 3 is 2.50 bits per heavy atom. The average molecular weight is 247 g/mol. The first-order chi connectivity index (χ1) is 8.81. The van der Waals surface area contributed by atoms with E-state index in [2.05, 4.69) is 16.9 Å². The molecule has 1 heterocycles. The molecule has 1 aromatic heterocycles. The van der Waals surface area contributed by atoms with Gasteiger partial charge in [-0.1, -0.05) is 39.0 Å². The van der Waals surface area contributed by atoms with Crippen LogP contribution in [0.5, 0.6) is 0 Å². The highest BCUT2D eigenvalue weighted by Crippen LogP contribution is 2.37. The minimum absolute atomic E-state index is 0.123. The molecule has 1 atom stereocenters. The third-order valence-electron chi connectivity index (χ3n) is 4.33. The highest BCUT2D eigenvalue weighted by Gasteiger charge is 2.26. The molecule has 2 rings (SSSR count). The van der Waals surface area contributed by atoms with Crippen molar-refractivity contribution in [3.63, 3.8) is 0 Å². The third-order valence-corrected chi connectivity index (χ3v) is 4.33. The average Bonchev–Trinajstić information content (AvgIpc) is 2.46. The van der Waals surface area contributed by atoms with E-state index in [4.69, 9.17) is 5.73 Å². The lowest BCUT2D eigenvalue weighted by molar-refractivity contribution is 0.232. The second-order valence-corrected chi connectivity index (χ2v) is 5.62. The minimum Gasteiger partial charge on any atom is -0.324 e. The van der Waals surface area contributed by atoms with Gasteiger partial charge >= 0.3 is 0 Å². The predicted molar refractivity (Wildman–Crippen MR) is 73.9 cm³/mol. The van der Waals surface area contributed by atoms with E-state index >= 15 is 0 Å². The van der Waals surface area contributed by atoms with Crippen molar-refractivity contribution in [2.45, 2.75) is 57.9 Å². The summed E-state index contributed by atoms with van der Waals surface area (Å²) < 4.78 is 0. The van der Waals surface area contributed by atoms with E-state index in [0.717, 1.165) is 11.5 Å². The summed E-state index contributed by atoms with van der Waals surface area (Å²) in [7, 11) is 0. The first-order valence-corrected chi connectivity index (χ1v) is 7.31. The van der Waals surface area contributed by atoms with Gasteiger partial charge in [0.15, 0.2) is 0 Å². The number of aromatic nitrogens is 2. The highest BCUT2D eigenvalue weighted by molar-refractivity contribution is 5.10. The van der Waals surface area contributed by atoms with Crippen molar-refractivity contribution in [3.05, 3.63) is 24.3 Å². The molecule has 2 N–H and O–H groups in total. The van der Waals surface area contributed by atoms with Crippen LogP contribution in [0.1, 0.15) is 63.5 Å². The Morgan fingerprint density at radius 2 is 1.89 bits per heavy atom. The summed E-state index contributed by atoms with van der Waals surface area (Å²) in [6.45, 7) is 2.27. The van der Waals surface area contributed by atoms with E-state index < -0.39 is 0 Å². The summed E-state index contributed by atoms with van der Waals surface area (Å²) in [5.74, 6) is 1.56. The lowest BCUT2D eigenvalue weighted by Crippen LogP contribution is -2.26. The van der Waals surface area contributed by atoms with Crippen LogP contribution in [-0.2, 0) is 0 Å². The minimum atomic E-state index is 0.123. The van der Waals surface area contributed by atoms with Crippen LogP contribution < -0.4 is 5.73 Å². The quantitative estimate of drug-likeness (QED) is 0.866. The Balaban J connectivity index is 1.82. The van der Waals surface area contributed by atoms with E-state index in [0.29, 0.717) is 5.92 Å². The molecule has 0 amide bonds. The van der Waals surface area contributed by atoms with Crippen molar-refractivity contribution < 1.29 is 0 Å². The van der Waals surface area contributed by atoms with Gasteiger partial charge in [-0.05, 0) is 24.7 Å². The van der Waals surface area contributed by atoms with Gasteiger partial charge in [0.05, 0.1) is 0 Å². The van der Waals surface area contributed by atoms with E-state index in [1.54, 1.807) is 6.33 Å². The van der Waals surface area contributed by atoms with Crippen LogP contribution in [0.3, 0.4) is 0 Å². The molecule has 3 heteroatoms. The number of unbranched alkanes of at least 4 members (excludes halogenated alkanes) is 1. The van der Waals surface area contributed by atoms with E-state index in [1.165, 1.54) is 44.9 Å². The molecule has 0 aliphatic heterocycles. The number of hydrogen-bond donors (Lipinski definition) is 1. The molecular weight excluding hydrogens is 222 g/mol. The maximum atomic E-state index is 6.34. The topological polar surface area (TPSA) is 51.8 Å². The summed E-state index contributed by atoms with van der Waals surface area (Å²) in [6.07, 6.45) is 14.6. The maximum absolute atomic E-state index is 6.34. The lowest BCUT2D eigenvalue weighted by Gasteiger charge is -2.32. The van der Waals surface area contributed by atoms with Crippen LogP contribution in [0.4, 0.5) is 0 Å². The summed E-state index contributed by atoms with van der Waals surface area (Å²) in [6, 6.07) is 0.123. The standard InChI is InChI=1S/C15H25N3/c1-2-3-4-12-5-7-13(8-6-12)15(16)14-9-17-11-18-10-14/h9-13,15H,2-8,16H2,1H3. The maximum Gasteiger partial charge on any atom is 0.115 e. The molecule has 1 aliphatic carbocycles. The van der Waals surface area contributed by atoms with Crippen LogP contribution in [0.2, 0.25) is 0 Å². The zero-order valence-corrected chi connectivity index (χ0v) is 11.4. The van der Waals surface area contributed by atoms with Crippen LogP contribution in [0, 0.1) is 11.8 Å². The molecule has 3 nitrogen and oxygen atoms in total. The molecule has 1 fully saturated rings. The van der Waals surface area contributed by atoms with E-state index in [-0.39, 0.29) is 6.04 Å². The molecule has 18 heavy (non-hydrogen) atoms. The zero-order chi connectivity index (χ0) is 12.8. The van der Waals surface area contributed by atoms with Crippen molar-refractivity contribution in [2.24, 2.45) is 17.6 Å². The van der Waals surface area contributed by atoms with Gasteiger partial charge in [-0.3, -0.25) is 0 Å². The monoisotopic (exact) mass is 247 g/mol. The van der Waals surface area contributed by atoms with Crippen molar-refractivity contribution >= 4 is 0 Å². The van der Waals surface area contributed by atoms with Gasteiger partial charge in [0.2, 0.25) is 0 Å². The molecule has 100 valence electrons. The van der Waals surface area contributed by atoms with Gasteiger partial charge in [-0.25, -0.2) is 9.97 Å². The largest absolute Gasteiger partial charge is 0.324 e. The molecule has 0 aromatic carbocycles. The first-order valence-electron chi connectivity index (χ1n) is 7.31. The fraction of sp³-hybridized carbons (Fsp3) is 0.733. The van der Waals surface area contributed by atoms with Gasteiger partial charge in [0, 0.05) is 24.0 Å². The molecule has 0 spiro atoms. The number of nitrogens with zero attached hydrogens (tertiary/aromatic N) is 2. The van der Waals surface area contributed by atoms with Crippen molar-refractivity contribution in [3.8, 4) is 0 Å². The Hall–Kier alpha value is -0.960. The Labute approximate surface area is 110 Å². The van der Waals surface area contributed by atoms with Gasteiger partial charge < -0.3 is 5.73 Å². The molecule has 1 unspecified atom stereocenters. The third kappa shape index (κ3) is 3.52. The Kier molecular flexibility index (Phi) is 5.12. The van der Waals surface area contributed by atoms with Crippen LogP contribution in [-0.4, -0.2) is 9.97 Å². The second-order valence-electron chi connectivity index (χ2n) is 5.62. The van der Waals surface area contributed by atoms with Crippen molar-refractivity contribution in [2.75, 3.05) is 0 Å². The first kappa shape index (κ1) is 13.5. The SMILES string of the molecule is CCCCC1CCC(C(N)c2cncnc2)CC1. The summed E-state index contributed by atoms with van der Waals surface area (Å²) in [5, 5.41) is 0. The number of hydrogen-bond acceptors (Lipinski definition) is 3. The predicted octanol–water partition coefficient (Wildman–Crippen LogP) is 3.47. The van der Waals surface area contributed by atoms with Crippen LogP contribution in [0.15, 0.2) is 18.7 Å². The van der Waals surface area contributed by atoms with Gasteiger partial charge in [-0.15, -0.1) is 0 Å². The lowest BCUT2D eigenvalue weighted by atomic mass is 9.76. The van der Waals surface area contributed by atoms with Crippen LogP contribution >= 0.6 is 0 Å². The number of rotatable bonds is 5. The molecular formula is C15H25N3. The Bertz CT molecular complexity index is 331. The van der Waals surface area contributed by atoms with Crippen molar-refractivity contribution in [1.29, 1.82) is 0 Å². The highest BCUT2D eigenvalue weighted by atomic mass is 14.8. The fourth-order valence-corrected chi connectivity index (χ4v) is 3.08.